The molecule has 1 saturated carbocycles. The molecular weight excluding hydrogens is 587 g/mol. The second kappa shape index (κ2) is 19.8. The Morgan fingerprint density at radius 1 is 0.977 bits per heavy atom. The quantitative estimate of drug-likeness (QED) is 0.148. The molecule has 2 rings (SSSR count). The van der Waals surface area contributed by atoms with Crippen molar-refractivity contribution in [3.05, 3.63) is 35.4 Å². The fourth-order valence-corrected chi connectivity index (χ4v) is 3.51. The Labute approximate surface area is 257 Å². The molecule has 1 aliphatic carbocycles. The van der Waals surface area contributed by atoms with Crippen LogP contribution in [-0.4, -0.2) is 73.7 Å². The third kappa shape index (κ3) is 17.0. The number of aliphatic hydroxyl groups excluding tert-OH is 1. The summed E-state index contributed by atoms with van der Waals surface area (Å²) >= 11 is 0. The molecule has 1 fully saturated rings. The van der Waals surface area contributed by atoms with E-state index in [4.69, 9.17) is 30.8 Å². The second-order valence-electron chi connectivity index (χ2n) is 11.2. The zero-order chi connectivity index (χ0) is 34.1. The van der Waals surface area contributed by atoms with Gasteiger partial charge in [-0.3, -0.25) is 14.6 Å². The van der Waals surface area contributed by atoms with Gasteiger partial charge in [-0.05, 0) is 58.9 Å². The van der Waals surface area contributed by atoms with Crippen LogP contribution < -0.4 is 11.5 Å². The molecule has 1 aromatic rings. The van der Waals surface area contributed by atoms with Gasteiger partial charge in [-0.25, -0.2) is 4.79 Å². The number of hydrogen-bond acceptors (Lipinski definition) is 9. The number of methoxy groups -OCH3 is 1. The maximum atomic E-state index is 12.8. The fraction of sp³-hybridized carbons (Fsp3) is 0.667. The van der Waals surface area contributed by atoms with Crippen molar-refractivity contribution in [1.82, 2.24) is 0 Å². The van der Waals surface area contributed by atoms with Gasteiger partial charge < -0.3 is 35.5 Å². The number of nitrogens with two attached hydrogens (primary N) is 2. The molecule has 0 radical (unpaired) electrons. The van der Waals surface area contributed by atoms with Crippen LogP contribution in [0.2, 0.25) is 0 Å². The van der Waals surface area contributed by atoms with Crippen molar-refractivity contribution in [2.45, 2.75) is 98.3 Å². The molecule has 0 aliphatic heterocycles. The Morgan fingerprint density at radius 2 is 1.52 bits per heavy atom. The number of carbonyl (C=O) groups is 3. The van der Waals surface area contributed by atoms with E-state index < -0.39 is 23.5 Å². The van der Waals surface area contributed by atoms with Crippen LogP contribution in [0.3, 0.4) is 0 Å². The number of guanidine groups is 1. The van der Waals surface area contributed by atoms with Gasteiger partial charge in [0.15, 0.2) is 5.96 Å². The molecule has 1 unspecified atom stereocenters. The van der Waals surface area contributed by atoms with E-state index in [1.54, 1.807) is 20.8 Å². The number of carbonyl (C=O) groups excluding carboxylic acids is 3. The average molecular weight is 636 g/mol. The highest BCUT2D eigenvalue weighted by atomic mass is 19.4. The molecule has 0 aromatic heterocycles. The van der Waals surface area contributed by atoms with E-state index in [9.17, 15) is 27.6 Å². The third-order valence-corrected chi connectivity index (χ3v) is 6.20. The number of benzene rings is 1. The number of ether oxygens (including phenoxy) is 4. The number of aliphatic hydroxyl groups is 1. The predicted octanol–water partition coefficient (Wildman–Crippen LogP) is 3.95. The van der Waals surface area contributed by atoms with E-state index >= 15 is 0 Å². The first kappa shape index (κ1) is 40.6. The first-order valence-electron chi connectivity index (χ1n) is 14.2. The van der Waals surface area contributed by atoms with Crippen LogP contribution in [0.4, 0.5) is 13.2 Å². The number of aliphatic imine (C=N–C) groups is 1. The van der Waals surface area contributed by atoms with Crippen molar-refractivity contribution in [3.63, 3.8) is 0 Å². The molecule has 5 N–H and O–H groups in total. The number of hydrogen-bond donors (Lipinski definition) is 3. The minimum absolute atomic E-state index is 0.0482. The molecule has 14 heteroatoms. The van der Waals surface area contributed by atoms with Crippen LogP contribution in [-0.2, 0) is 39.9 Å². The molecule has 0 spiro atoms. The second-order valence-corrected chi connectivity index (χ2v) is 11.2. The summed E-state index contributed by atoms with van der Waals surface area (Å²) in [7, 11) is 0.676. The lowest BCUT2D eigenvalue weighted by Crippen LogP contribution is -2.43. The minimum atomic E-state index is -4.85. The summed E-state index contributed by atoms with van der Waals surface area (Å²) in [6, 6.07) is 7.91. The fourth-order valence-electron chi connectivity index (χ4n) is 3.51. The zero-order valence-corrected chi connectivity index (χ0v) is 26.6. The Morgan fingerprint density at radius 3 is 1.91 bits per heavy atom. The minimum Gasteiger partial charge on any atom is -0.464 e. The van der Waals surface area contributed by atoms with E-state index in [1.807, 2.05) is 45.0 Å². The number of halogens is 3. The van der Waals surface area contributed by atoms with Gasteiger partial charge in [0.2, 0.25) is 0 Å². The first-order chi connectivity index (χ1) is 20.3. The lowest BCUT2D eigenvalue weighted by Gasteiger charge is -2.32. The van der Waals surface area contributed by atoms with Crippen LogP contribution in [0.25, 0.3) is 0 Å². The molecule has 0 amide bonds. The lowest BCUT2D eigenvalue weighted by molar-refractivity contribution is -0.196. The summed E-state index contributed by atoms with van der Waals surface area (Å²) in [6.45, 7) is 11.2. The Balaban J connectivity index is 0.000000877. The van der Waals surface area contributed by atoms with Crippen molar-refractivity contribution in [1.29, 1.82) is 0 Å². The zero-order valence-electron chi connectivity index (χ0n) is 26.6. The summed E-state index contributed by atoms with van der Waals surface area (Å²) in [6.07, 6.45) is -2.18. The molecule has 11 nitrogen and oxygen atoms in total. The van der Waals surface area contributed by atoms with Gasteiger partial charge >= 0.3 is 24.1 Å². The first-order valence-corrected chi connectivity index (χ1v) is 14.2. The normalized spacial score (nSPS) is 17.6. The SMILES string of the molecule is CC(C)OCC(C)(COC(=O)C(C)C)C(=O)OC1CCC(N=C(N)N)CC1.COC(=O)C(F)(F)F.Cc1ccc(CO)cc1. The topological polar surface area (TPSA) is 173 Å². The Kier molecular flexibility index (Phi) is 18.3. The smallest absolute Gasteiger partial charge is 0.464 e. The highest BCUT2D eigenvalue weighted by Crippen LogP contribution is 2.28. The van der Waals surface area contributed by atoms with Gasteiger partial charge in [0.1, 0.15) is 18.1 Å². The predicted molar refractivity (Wildman–Crippen MR) is 158 cm³/mol. The lowest BCUT2D eigenvalue weighted by atomic mass is 9.91. The van der Waals surface area contributed by atoms with Crippen molar-refractivity contribution >= 4 is 23.9 Å². The van der Waals surface area contributed by atoms with E-state index in [1.165, 1.54) is 5.56 Å². The monoisotopic (exact) mass is 635 g/mol. The maximum absolute atomic E-state index is 12.8. The molecular formula is C30H48F3N3O8. The number of rotatable bonds is 10. The van der Waals surface area contributed by atoms with Gasteiger partial charge in [0.05, 0.1) is 38.4 Å². The number of aryl methyl sites for hydroxylation is 1. The van der Waals surface area contributed by atoms with Crippen molar-refractivity contribution in [2.24, 2.45) is 27.8 Å². The van der Waals surface area contributed by atoms with Crippen molar-refractivity contribution < 1.29 is 51.6 Å². The summed E-state index contributed by atoms with van der Waals surface area (Å²) in [5.41, 5.74) is 12.0. The molecule has 252 valence electrons. The van der Waals surface area contributed by atoms with E-state index in [0.717, 1.165) is 18.4 Å². The Hall–Kier alpha value is -3.39. The standard InChI is InChI=1S/C19H35N3O5.C8H10O.C3H3F3O2/c1-12(2)16(23)26-11-19(5,10-25-13(3)4)17(24)27-15-8-6-14(7-9-15)22-18(20)21;1-7-2-4-8(6-9)5-3-7;1-8-2(7)3(4,5)6/h12-15H,6-11H2,1-5H3,(H4,20,21,22);2-5,9H,6H2,1H3;1H3. The summed E-state index contributed by atoms with van der Waals surface area (Å²) in [5, 5.41) is 8.63. The van der Waals surface area contributed by atoms with Crippen LogP contribution in [0.1, 0.15) is 71.4 Å². The third-order valence-electron chi connectivity index (χ3n) is 6.20. The summed E-state index contributed by atoms with van der Waals surface area (Å²) < 4.78 is 52.9. The van der Waals surface area contributed by atoms with Crippen LogP contribution in [0, 0.1) is 18.3 Å². The molecule has 44 heavy (non-hydrogen) atoms. The van der Waals surface area contributed by atoms with Crippen LogP contribution in [0.5, 0.6) is 0 Å². The molecule has 1 aromatic carbocycles. The van der Waals surface area contributed by atoms with E-state index in [2.05, 4.69) is 9.73 Å². The molecule has 0 bridgehead atoms. The van der Waals surface area contributed by atoms with Gasteiger partial charge in [-0.1, -0.05) is 43.7 Å². The van der Waals surface area contributed by atoms with Crippen LogP contribution >= 0.6 is 0 Å². The molecule has 0 saturated heterocycles. The highest BCUT2D eigenvalue weighted by Gasteiger charge is 2.40. The highest BCUT2D eigenvalue weighted by molar-refractivity contribution is 5.78. The Bertz CT molecular complexity index is 1040. The van der Waals surface area contributed by atoms with Gasteiger partial charge in [-0.2, -0.15) is 13.2 Å². The largest absolute Gasteiger partial charge is 0.490 e. The number of alkyl halides is 3. The van der Waals surface area contributed by atoms with E-state index in [-0.39, 0.29) is 55.9 Å². The molecule has 0 heterocycles. The van der Waals surface area contributed by atoms with Gasteiger partial charge in [0, 0.05) is 0 Å². The van der Waals surface area contributed by atoms with Gasteiger partial charge in [0.25, 0.3) is 0 Å². The number of nitrogens with zero attached hydrogens (tertiary/aromatic N) is 1. The average Bonchev–Trinajstić information content (AvgIpc) is 2.95. The van der Waals surface area contributed by atoms with E-state index in [0.29, 0.717) is 20.0 Å². The van der Waals surface area contributed by atoms with Crippen molar-refractivity contribution in [2.75, 3.05) is 20.3 Å². The molecule has 1 atom stereocenters. The molecule has 1 aliphatic rings. The summed E-state index contributed by atoms with van der Waals surface area (Å²) in [4.78, 5) is 38.3. The summed E-state index contributed by atoms with van der Waals surface area (Å²) in [5.74, 6) is -3.11. The maximum Gasteiger partial charge on any atom is 0.490 e. The van der Waals surface area contributed by atoms with Crippen LogP contribution in [0.15, 0.2) is 29.3 Å². The number of esters is 3. The van der Waals surface area contributed by atoms with Gasteiger partial charge in [-0.15, -0.1) is 0 Å². The van der Waals surface area contributed by atoms with Crippen molar-refractivity contribution in [3.8, 4) is 0 Å².